The summed E-state index contributed by atoms with van der Waals surface area (Å²) in [5.74, 6) is 3.48. The molecule has 3 aromatic rings. The molecule has 178 valence electrons. The Morgan fingerprint density at radius 2 is 1.79 bits per heavy atom. The fraction of sp³-hybridized carbons (Fsp3) is 0.333. The van der Waals surface area contributed by atoms with Crippen LogP contribution in [0.1, 0.15) is 18.3 Å². The second-order valence-electron chi connectivity index (χ2n) is 7.13. The summed E-state index contributed by atoms with van der Waals surface area (Å²) in [6.45, 7) is 3.59. The van der Waals surface area contributed by atoms with E-state index in [1.807, 2.05) is 55.4 Å². The number of guanidine groups is 1. The van der Waals surface area contributed by atoms with Crippen LogP contribution in [-0.2, 0) is 13.1 Å². The van der Waals surface area contributed by atoms with Crippen LogP contribution in [0.3, 0.4) is 0 Å². The standard InChI is InChI=1S/C24H31N5O3.HI/c1-6-32-23-20(30-4)12-17(13-21(23)31-5)14-27-24(25-2)29(3)16-22-26-15-19(28-22)18-10-8-7-9-11-18;/h7-13,15H,6,14,16H2,1-5H3,(H,25,27)(H,26,28);1H. The molecule has 0 aliphatic carbocycles. The third kappa shape index (κ3) is 6.77. The molecule has 0 saturated heterocycles. The van der Waals surface area contributed by atoms with Crippen LogP contribution >= 0.6 is 24.0 Å². The van der Waals surface area contributed by atoms with Crippen molar-refractivity contribution in [2.75, 3.05) is 34.9 Å². The number of aromatic nitrogens is 2. The maximum Gasteiger partial charge on any atom is 0.203 e. The van der Waals surface area contributed by atoms with Crippen molar-refractivity contribution in [1.29, 1.82) is 0 Å². The molecule has 2 N–H and O–H groups in total. The fourth-order valence-corrected chi connectivity index (χ4v) is 3.40. The average molecular weight is 565 g/mol. The van der Waals surface area contributed by atoms with Crippen molar-refractivity contribution < 1.29 is 14.2 Å². The summed E-state index contributed by atoms with van der Waals surface area (Å²) < 4.78 is 16.7. The normalized spacial score (nSPS) is 10.9. The van der Waals surface area contributed by atoms with Gasteiger partial charge in [-0.25, -0.2) is 4.98 Å². The van der Waals surface area contributed by atoms with Gasteiger partial charge in [-0.15, -0.1) is 24.0 Å². The van der Waals surface area contributed by atoms with E-state index in [2.05, 4.69) is 32.4 Å². The van der Waals surface area contributed by atoms with Crippen LogP contribution in [0.15, 0.2) is 53.7 Å². The Bertz CT molecular complexity index is 1010. The average Bonchev–Trinajstić information content (AvgIpc) is 3.29. The Labute approximate surface area is 212 Å². The minimum Gasteiger partial charge on any atom is -0.493 e. The number of halogens is 1. The van der Waals surface area contributed by atoms with Gasteiger partial charge < -0.3 is 29.4 Å². The summed E-state index contributed by atoms with van der Waals surface area (Å²) in [6, 6.07) is 14.0. The third-order valence-electron chi connectivity index (χ3n) is 4.93. The minimum atomic E-state index is 0. The number of imidazole rings is 1. The van der Waals surface area contributed by atoms with Gasteiger partial charge >= 0.3 is 0 Å². The highest BCUT2D eigenvalue weighted by Gasteiger charge is 2.15. The molecule has 9 heteroatoms. The Morgan fingerprint density at radius 3 is 2.36 bits per heavy atom. The molecular weight excluding hydrogens is 533 g/mol. The molecule has 2 aromatic carbocycles. The fourth-order valence-electron chi connectivity index (χ4n) is 3.40. The first-order valence-corrected chi connectivity index (χ1v) is 10.5. The number of rotatable bonds is 9. The molecule has 0 fully saturated rings. The van der Waals surface area contributed by atoms with E-state index in [4.69, 9.17) is 14.2 Å². The first-order chi connectivity index (χ1) is 15.6. The van der Waals surface area contributed by atoms with Crippen LogP contribution in [0.5, 0.6) is 17.2 Å². The van der Waals surface area contributed by atoms with Crippen LogP contribution in [0.4, 0.5) is 0 Å². The lowest BCUT2D eigenvalue weighted by atomic mass is 10.1. The van der Waals surface area contributed by atoms with E-state index in [0.717, 1.165) is 28.6 Å². The zero-order valence-electron chi connectivity index (χ0n) is 19.7. The van der Waals surface area contributed by atoms with Gasteiger partial charge in [0.2, 0.25) is 5.75 Å². The molecular formula is C24H32IN5O3. The Kier molecular flexibility index (Phi) is 10.3. The number of methoxy groups -OCH3 is 2. The van der Waals surface area contributed by atoms with E-state index in [0.29, 0.717) is 36.9 Å². The van der Waals surface area contributed by atoms with Crippen molar-refractivity contribution in [3.63, 3.8) is 0 Å². The molecule has 0 saturated carbocycles. The van der Waals surface area contributed by atoms with Crippen molar-refractivity contribution in [2.45, 2.75) is 20.0 Å². The van der Waals surface area contributed by atoms with Crippen LogP contribution in [-0.4, -0.2) is 55.7 Å². The summed E-state index contributed by atoms with van der Waals surface area (Å²) in [5.41, 5.74) is 3.08. The van der Waals surface area contributed by atoms with Gasteiger partial charge in [0, 0.05) is 20.6 Å². The lowest BCUT2D eigenvalue weighted by Crippen LogP contribution is -2.38. The van der Waals surface area contributed by atoms with Gasteiger partial charge in [0.25, 0.3) is 0 Å². The lowest BCUT2D eigenvalue weighted by molar-refractivity contribution is 0.288. The highest BCUT2D eigenvalue weighted by molar-refractivity contribution is 14.0. The zero-order chi connectivity index (χ0) is 22.9. The highest BCUT2D eigenvalue weighted by atomic mass is 127. The summed E-state index contributed by atoms with van der Waals surface area (Å²) in [4.78, 5) is 14.3. The van der Waals surface area contributed by atoms with Crippen LogP contribution < -0.4 is 19.5 Å². The number of ether oxygens (including phenoxy) is 3. The lowest BCUT2D eigenvalue weighted by Gasteiger charge is -2.22. The molecule has 0 bridgehead atoms. The Morgan fingerprint density at radius 1 is 1.12 bits per heavy atom. The number of nitrogens with zero attached hydrogens (tertiary/aromatic N) is 3. The van der Waals surface area contributed by atoms with Gasteiger partial charge in [0.05, 0.1) is 39.3 Å². The maximum atomic E-state index is 5.68. The van der Waals surface area contributed by atoms with Crippen molar-refractivity contribution in [3.05, 3.63) is 60.0 Å². The summed E-state index contributed by atoms with van der Waals surface area (Å²) in [6.07, 6.45) is 1.85. The summed E-state index contributed by atoms with van der Waals surface area (Å²) in [5, 5.41) is 3.38. The molecule has 0 aliphatic heterocycles. The Hall–Kier alpha value is -2.95. The molecule has 8 nitrogen and oxygen atoms in total. The largest absolute Gasteiger partial charge is 0.493 e. The van der Waals surface area contributed by atoms with Gasteiger partial charge in [0.1, 0.15) is 5.82 Å². The molecule has 1 heterocycles. The third-order valence-corrected chi connectivity index (χ3v) is 4.93. The molecule has 33 heavy (non-hydrogen) atoms. The van der Waals surface area contributed by atoms with Crippen LogP contribution in [0, 0.1) is 0 Å². The second-order valence-corrected chi connectivity index (χ2v) is 7.13. The summed E-state index contributed by atoms with van der Waals surface area (Å²) in [7, 11) is 6.97. The van der Waals surface area contributed by atoms with Gasteiger partial charge in [0.15, 0.2) is 17.5 Å². The molecule has 0 atom stereocenters. The number of hydrogen-bond donors (Lipinski definition) is 2. The molecule has 0 amide bonds. The highest BCUT2D eigenvalue weighted by Crippen LogP contribution is 2.38. The van der Waals surface area contributed by atoms with Crippen LogP contribution in [0.25, 0.3) is 11.3 Å². The monoisotopic (exact) mass is 565 g/mol. The number of hydrogen-bond acceptors (Lipinski definition) is 5. The van der Waals surface area contributed by atoms with Crippen molar-refractivity contribution in [3.8, 4) is 28.5 Å². The number of nitrogens with one attached hydrogen (secondary N) is 2. The molecule has 0 radical (unpaired) electrons. The number of aromatic amines is 1. The minimum absolute atomic E-state index is 0. The van der Waals surface area contributed by atoms with E-state index < -0.39 is 0 Å². The molecule has 0 unspecified atom stereocenters. The molecule has 1 aromatic heterocycles. The predicted octanol–water partition coefficient (Wildman–Crippen LogP) is 4.32. The first kappa shape index (κ1) is 26.3. The molecule has 0 spiro atoms. The van der Waals surface area contributed by atoms with Crippen molar-refractivity contribution in [2.24, 2.45) is 4.99 Å². The van der Waals surface area contributed by atoms with Crippen molar-refractivity contribution in [1.82, 2.24) is 20.2 Å². The second kappa shape index (κ2) is 12.9. The molecule has 0 aliphatic rings. The number of H-pyrrole nitrogens is 1. The molecule has 3 rings (SSSR count). The number of aliphatic imine (C=N–C) groups is 1. The summed E-state index contributed by atoms with van der Waals surface area (Å²) >= 11 is 0. The smallest absolute Gasteiger partial charge is 0.203 e. The van der Waals surface area contributed by atoms with Gasteiger partial charge in [-0.1, -0.05) is 30.3 Å². The van der Waals surface area contributed by atoms with Crippen molar-refractivity contribution >= 4 is 29.9 Å². The van der Waals surface area contributed by atoms with Gasteiger partial charge in [-0.05, 0) is 30.2 Å². The van der Waals surface area contributed by atoms with E-state index >= 15 is 0 Å². The number of benzene rings is 2. The van der Waals surface area contributed by atoms with E-state index in [-0.39, 0.29) is 24.0 Å². The van der Waals surface area contributed by atoms with Gasteiger partial charge in [-0.2, -0.15) is 0 Å². The van der Waals surface area contributed by atoms with Crippen LogP contribution in [0.2, 0.25) is 0 Å². The predicted molar refractivity (Wildman–Crippen MR) is 142 cm³/mol. The van der Waals surface area contributed by atoms with E-state index in [9.17, 15) is 0 Å². The van der Waals surface area contributed by atoms with Gasteiger partial charge in [-0.3, -0.25) is 4.99 Å². The van der Waals surface area contributed by atoms with E-state index in [1.54, 1.807) is 21.3 Å². The topological polar surface area (TPSA) is 84.0 Å². The SMILES string of the molecule is CCOc1c(OC)cc(CNC(=NC)N(C)Cc2ncc(-c3ccccc3)[nH]2)cc1OC.I. The zero-order valence-corrected chi connectivity index (χ0v) is 22.0. The van der Waals surface area contributed by atoms with E-state index in [1.165, 1.54) is 0 Å². The Balaban J connectivity index is 0.00000385. The quantitative estimate of drug-likeness (QED) is 0.229. The first-order valence-electron chi connectivity index (χ1n) is 10.5. The maximum absolute atomic E-state index is 5.68.